The van der Waals surface area contributed by atoms with Gasteiger partial charge in [-0.05, 0) is 46.2 Å². The van der Waals surface area contributed by atoms with Crippen LogP contribution in [0.15, 0.2) is 0 Å². The van der Waals surface area contributed by atoms with Crippen molar-refractivity contribution >= 4 is 12.3 Å². The molecule has 2 amide bonds. The van der Waals surface area contributed by atoms with Crippen molar-refractivity contribution in [1.82, 2.24) is 10.2 Å². The zero-order chi connectivity index (χ0) is 13.6. The van der Waals surface area contributed by atoms with Gasteiger partial charge in [-0.1, -0.05) is 12.8 Å². The van der Waals surface area contributed by atoms with Gasteiger partial charge >= 0.3 is 0 Å². The van der Waals surface area contributed by atoms with Crippen LogP contribution in [0.1, 0.15) is 45.4 Å². The van der Waals surface area contributed by atoms with Crippen molar-refractivity contribution in [3.63, 3.8) is 0 Å². The predicted molar refractivity (Wildman–Crippen MR) is 70.9 cm³/mol. The molecule has 1 rings (SSSR count). The van der Waals surface area contributed by atoms with Crippen LogP contribution < -0.4 is 11.1 Å². The van der Waals surface area contributed by atoms with Gasteiger partial charge in [0.15, 0.2) is 0 Å². The summed E-state index contributed by atoms with van der Waals surface area (Å²) in [5, 5.41) is 2.46. The van der Waals surface area contributed by atoms with Gasteiger partial charge in [-0.3, -0.25) is 9.59 Å². The molecule has 0 aromatic carbocycles. The van der Waals surface area contributed by atoms with Gasteiger partial charge in [0.25, 0.3) is 0 Å². The van der Waals surface area contributed by atoms with E-state index in [9.17, 15) is 9.59 Å². The van der Waals surface area contributed by atoms with Crippen LogP contribution in [0, 0.1) is 0 Å². The first-order chi connectivity index (χ1) is 8.49. The second-order valence-electron chi connectivity index (χ2n) is 5.51. The Morgan fingerprint density at radius 3 is 2.61 bits per heavy atom. The smallest absolute Gasteiger partial charge is 0.239 e. The second kappa shape index (κ2) is 6.73. The maximum absolute atomic E-state index is 11.1. The average molecular weight is 255 g/mol. The standard InChI is InChI=1S/C13H25N3O2/c1-13(7-3-4-8-13)16(2)9-5-6-11(12(14)18)15-10-17/h10-11H,3-9H2,1-2H3,(H2,14,18)(H,15,17). The van der Waals surface area contributed by atoms with Crippen LogP contribution in [0.4, 0.5) is 0 Å². The van der Waals surface area contributed by atoms with Crippen LogP contribution in [-0.2, 0) is 9.59 Å². The summed E-state index contributed by atoms with van der Waals surface area (Å²) < 4.78 is 0. The molecule has 3 N–H and O–H groups in total. The topological polar surface area (TPSA) is 75.4 Å². The molecule has 1 atom stereocenters. The normalized spacial score (nSPS) is 19.7. The fraction of sp³-hybridized carbons (Fsp3) is 0.846. The molecule has 1 saturated carbocycles. The molecule has 0 bridgehead atoms. The van der Waals surface area contributed by atoms with Gasteiger partial charge in [0.1, 0.15) is 6.04 Å². The number of nitrogens with zero attached hydrogens (tertiary/aromatic N) is 1. The highest BCUT2D eigenvalue weighted by atomic mass is 16.2. The van der Waals surface area contributed by atoms with Crippen LogP contribution >= 0.6 is 0 Å². The van der Waals surface area contributed by atoms with Gasteiger partial charge in [-0.2, -0.15) is 0 Å². The van der Waals surface area contributed by atoms with Crippen molar-refractivity contribution < 1.29 is 9.59 Å². The minimum atomic E-state index is -0.535. The molecule has 0 aromatic heterocycles. The Bertz CT molecular complexity index is 288. The van der Waals surface area contributed by atoms with E-state index in [2.05, 4.69) is 24.2 Å². The zero-order valence-corrected chi connectivity index (χ0v) is 11.4. The number of nitrogens with two attached hydrogens (primary N) is 1. The van der Waals surface area contributed by atoms with Gasteiger partial charge < -0.3 is 16.0 Å². The molecule has 1 aliphatic rings. The maximum atomic E-state index is 11.1. The number of hydrogen-bond acceptors (Lipinski definition) is 3. The molecule has 0 aromatic rings. The summed E-state index contributed by atoms with van der Waals surface area (Å²) in [6.45, 7) is 3.23. The number of primary amides is 1. The van der Waals surface area contributed by atoms with Crippen LogP contribution in [0.25, 0.3) is 0 Å². The van der Waals surface area contributed by atoms with E-state index < -0.39 is 11.9 Å². The summed E-state index contributed by atoms with van der Waals surface area (Å²) in [7, 11) is 2.14. The van der Waals surface area contributed by atoms with E-state index in [0.717, 1.165) is 13.0 Å². The first-order valence-electron chi connectivity index (χ1n) is 6.70. The molecule has 0 spiro atoms. The molecule has 0 aliphatic heterocycles. The molecule has 5 nitrogen and oxygen atoms in total. The second-order valence-corrected chi connectivity index (χ2v) is 5.51. The third-order valence-corrected chi connectivity index (χ3v) is 4.20. The lowest BCUT2D eigenvalue weighted by Gasteiger charge is -2.35. The summed E-state index contributed by atoms with van der Waals surface area (Å²) >= 11 is 0. The molecule has 0 heterocycles. The number of carbonyl (C=O) groups excluding carboxylic acids is 2. The summed E-state index contributed by atoms with van der Waals surface area (Å²) in [5.41, 5.74) is 5.52. The van der Waals surface area contributed by atoms with E-state index >= 15 is 0 Å². The molecule has 0 radical (unpaired) electrons. The predicted octanol–water partition coefficient (Wildman–Crippen LogP) is 0.631. The molecule has 1 unspecified atom stereocenters. The summed E-state index contributed by atoms with van der Waals surface area (Å²) in [4.78, 5) is 23.8. The van der Waals surface area contributed by atoms with Crippen molar-refractivity contribution in [2.24, 2.45) is 5.73 Å². The number of nitrogens with one attached hydrogen (secondary N) is 1. The van der Waals surface area contributed by atoms with Crippen molar-refractivity contribution in [3.8, 4) is 0 Å². The zero-order valence-electron chi connectivity index (χ0n) is 11.4. The molecule has 18 heavy (non-hydrogen) atoms. The first-order valence-corrected chi connectivity index (χ1v) is 6.70. The number of rotatable bonds is 8. The van der Waals surface area contributed by atoms with E-state index in [-0.39, 0.29) is 0 Å². The lowest BCUT2D eigenvalue weighted by Crippen LogP contribution is -2.44. The Balaban J connectivity index is 2.31. The molecular weight excluding hydrogens is 230 g/mol. The molecule has 104 valence electrons. The highest BCUT2D eigenvalue weighted by molar-refractivity contribution is 5.81. The first kappa shape index (κ1) is 15.0. The maximum Gasteiger partial charge on any atom is 0.239 e. The number of hydrogen-bond donors (Lipinski definition) is 2. The largest absolute Gasteiger partial charge is 0.368 e. The fourth-order valence-electron chi connectivity index (χ4n) is 2.71. The third kappa shape index (κ3) is 3.98. The quantitative estimate of drug-likeness (QED) is 0.625. The van der Waals surface area contributed by atoms with Crippen LogP contribution in [0.5, 0.6) is 0 Å². The third-order valence-electron chi connectivity index (χ3n) is 4.20. The van der Waals surface area contributed by atoms with Crippen LogP contribution in [-0.4, -0.2) is 42.4 Å². The van der Waals surface area contributed by atoms with E-state index in [0.29, 0.717) is 18.4 Å². The van der Waals surface area contributed by atoms with E-state index in [4.69, 9.17) is 5.73 Å². The number of amides is 2. The van der Waals surface area contributed by atoms with E-state index in [1.807, 2.05) is 0 Å². The Kier molecular flexibility index (Phi) is 5.59. The van der Waals surface area contributed by atoms with Gasteiger partial charge in [0, 0.05) is 5.54 Å². The minimum Gasteiger partial charge on any atom is -0.368 e. The van der Waals surface area contributed by atoms with Crippen molar-refractivity contribution in [1.29, 1.82) is 0 Å². The van der Waals surface area contributed by atoms with Gasteiger partial charge in [0.2, 0.25) is 12.3 Å². The molecule has 0 saturated heterocycles. The summed E-state index contributed by atoms with van der Waals surface area (Å²) in [6.07, 6.45) is 7.10. The highest BCUT2D eigenvalue weighted by Gasteiger charge is 2.32. The van der Waals surface area contributed by atoms with Crippen LogP contribution in [0.2, 0.25) is 0 Å². The van der Waals surface area contributed by atoms with Gasteiger partial charge in [-0.25, -0.2) is 0 Å². The Labute approximate surface area is 109 Å². The van der Waals surface area contributed by atoms with E-state index in [1.165, 1.54) is 25.7 Å². The Morgan fingerprint density at radius 1 is 1.50 bits per heavy atom. The fourth-order valence-corrected chi connectivity index (χ4v) is 2.71. The Morgan fingerprint density at radius 2 is 2.11 bits per heavy atom. The highest BCUT2D eigenvalue weighted by Crippen LogP contribution is 2.33. The summed E-state index contributed by atoms with van der Waals surface area (Å²) in [6, 6.07) is -0.535. The van der Waals surface area contributed by atoms with Crippen molar-refractivity contribution in [2.75, 3.05) is 13.6 Å². The molecular formula is C13H25N3O2. The van der Waals surface area contributed by atoms with Gasteiger partial charge in [-0.15, -0.1) is 0 Å². The lowest BCUT2D eigenvalue weighted by molar-refractivity contribution is -0.122. The SMILES string of the molecule is CN(CCCC(NC=O)C(N)=O)C1(C)CCCC1. The van der Waals surface area contributed by atoms with Gasteiger partial charge in [0.05, 0.1) is 0 Å². The van der Waals surface area contributed by atoms with Crippen molar-refractivity contribution in [3.05, 3.63) is 0 Å². The monoisotopic (exact) mass is 255 g/mol. The number of carbonyl (C=O) groups is 2. The van der Waals surface area contributed by atoms with Crippen molar-refractivity contribution in [2.45, 2.75) is 57.0 Å². The van der Waals surface area contributed by atoms with E-state index in [1.54, 1.807) is 0 Å². The molecule has 1 aliphatic carbocycles. The summed E-state index contributed by atoms with van der Waals surface area (Å²) in [5.74, 6) is -0.461. The average Bonchev–Trinajstić information content (AvgIpc) is 2.76. The molecule has 1 fully saturated rings. The van der Waals surface area contributed by atoms with Crippen LogP contribution in [0.3, 0.4) is 0 Å². The minimum absolute atomic E-state index is 0.306. The molecule has 5 heteroatoms. The Hall–Kier alpha value is -1.10. The lowest BCUT2D eigenvalue weighted by atomic mass is 9.98.